The molecule has 0 aliphatic carbocycles. The van der Waals surface area contributed by atoms with Gasteiger partial charge in [-0.15, -0.1) is 0 Å². The van der Waals surface area contributed by atoms with Crippen molar-refractivity contribution in [1.82, 2.24) is 9.55 Å². The Morgan fingerprint density at radius 1 is 1.14 bits per heavy atom. The van der Waals surface area contributed by atoms with Crippen LogP contribution in [0.25, 0.3) is 11.0 Å². The summed E-state index contributed by atoms with van der Waals surface area (Å²) in [5.41, 5.74) is 4.27. The molecular formula is C18H20N2O2. The van der Waals surface area contributed by atoms with Crippen molar-refractivity contribution in [1.29, 1.82) is 0 Å². The SMILES string of the molecule is Cc1cc(C)cc(OC[C@@H](O)Cn2cnc3ccccc32)c1. The van der Waals surface area contributed by atoms with Gasteiger partial charge in [-0.3, -0.25) is 0 Å². The summed E-state index contributed by atoms with van der Waals surface area (Å²) in [6.07, 6.45) is 1.17. The molecule has 1 atom stereocenters. The molecular weight excluding hydrogens is 276 g/mol. The molecule has 0 fully saturated rings. The van der Waals surface area contributed by atoms with E-state index in [4.69, 9.17) is 4.74 Å². The van der Waals surface area contributed by atoms with Crippen molar-refractivity contribution in [3.63, 3.8) is 0 Å². The van der Waals surface area contributed by atoms with Crippen molar-refractivity contribution in [3.8, 4) is 5.75 Å². The van der Waals surface area contributed by atoms with Gasteiger partial charge in [0.25, 0.3) is 0 Å². The van der Waals surface area contributed by atoms with E-state index in [9.17, 15) is 5.11 Å². The van der Waals surface area contributed by atoms with Gasteiger partial charge >= 0.3 is 0 Å². The fraction of sp³-hybridized carbons (Fsp3) is 0.278. The highest BCUT2D eigenvalue weighted by Crippen LogP contribution is 2.17. The predicted octanol–water partition coefficient (Wildman–Crippen LogP) is 3.09. The molecule has 22 heavy (non-hydrogen) atoms. The lowest BCUT2D eigenvalue weighted by Gasteiger charge is -2.14. The van der Waals surface area contributed by atoms with E-state index in [2.05, 4.69) is 11.1 Å². The monoisotopic (exact) mass is 296 g/mol. The zero-order valence-corrected chi connectivity index (χ0v) is 12.9. The van der Waals surface area contributed by atoms with Gasteiger partial charge in [-0.05, 0) is 49.2 Å². The van der Waals surface area contributed by atoms with Crippen LogP contribution in [0, 0.1) is 13.8 Å². The molecule has 1 N–H and O–H groups in total. The van der Waals surface area contributed by atoms with Gasteiger partial charge in [-0.1, -0.05) is 18.2 Å². The third-order valence-electron chi connectivity index (χ3n) is 3.57. The summed E-state index contributed by atoms with van der Waals surface area (Å²) in [6, 6.07) is 13.9. The number of para-hydroxylation sites is 2. The number of hydrogen-bond donors (Lipinski definition) is 1. The Hall–Kier alpha value is -2.33. The lowest BCUT2D eigenvalue weighted by molar-refractivity contribution is 0.0933. The fourth-order valence-electron chi connectivity index (χ4n) is 2.64. The molecule has 0 saturated heterocycles. The standard InChI is InChI=1S/C18H20N2O2/c1-13-7-14(2)9-16(8-13)22-11-15(21)10-20-12-19-17-5-3-4-6-18(17)20/h3-9,12,15,21H,10-11H2,1-2H3/t15-/m0/s1. The molecule has 0 bridgehead atoms. The van der Waals surface area contributed by atoms with Gasteiger partial charge < -0.3 is 14.4 Å². The first-order chi connectivity index (χ1) is 10.6. The summed E-state index contributed by atoms with van der Waals surface area (Å²) in [4.78, 5) is 4.32. The maximum absolute atomic E-state index is 10.2. The third kappa shape index (κ3) is 3.28. The predicted molar refractivity (Wildman–Crippen MR) is 87.2 cm³/mol. The van der Waals surface area contributed by atoms with Crippen molar-refractivity contribution in [2.75, 3.05) is 6.61 Å². The Balaban J connectivity index is 1.64. The molecule has 0 spiro atoms. The summed E-state index contributed by atoms with van der Waals surface area (Å²) in [7, 11) is 0. The lowest BCUT2D eigenvalue weighted by atomic mass is 10.1. The summed E-state index contributed by atoms with van der Waals surface area (Å²) in [5, 5.41) is 10.2. The number of fused-ring (bicyclic) bond motifs is 1. The molecule has 0 aliphatic heterocycles. The number of aromatic nitrogens is 2. The molecule has 3 rings (SSSR count). The molecule has 3 aromatic rings. The van der Waals surface area contributed by atoms with Gasteiger partial charge in [0, 0.05) is 0 Å². The van der Waals surface area contributed by atoms with Gasteiger partial charge in [-0.2, -0.15) is 0 Å². The molecule has 0 amide bonds. The van der Waals surface area contributed by atoms with E-state index in [0.717, 1.165) is 27.9 Å². The molecule has 0 unspecified atom stereocenters. The second kappa shape index (κ2) is 6.20. The number of imidazole rings is 1. The topological polar surface area (TPSA) is 47.3 Å². The van der Waals surface area contributed by atoms with Crippen LogP contribution in [0.5, 0.6) is 5.75 Å². The molecule has 0 saturated carbocycles. The van der Waals surface area contributed by atoms with Crippen LogP contribution in [0.15, 0.2) is 48.8 Å². The summed E-state index contributed by atoms with van der Waals surface area (Å²) in [6.45, 7) is 4.79. The first-order valence-corrected chi connectivity index (χ1v) is 7.41. The van der Waals surface area contributed by atoms with Crippen molar-refractivity contribution >= 4 is 11.0 Å². The number of rotatable bonds is 5. The molecule has 1 heterocycles. The molecule has 0 aliphatic rings. The smallest absolute Gasteiger partial charge is 0.119 e. The van der Waals surface area contributed by atoms with Crippen molar-refractivity contribution in [2.45, 2.75) is 26.5 Å². The van der Waals surface area contributed by atoms with E-state index in [1.54, 1.807) is 6.33 Å². The Morgan fingerprint density at radius 3 is 2.64 bits per heavy atom. The summed E-state index contributed by atoms with van der Waals surface area (Å²) >= 11 is 0. The van der Waals surface area contributed by atoms with Gasteiger partial charge in [0.15, 0.2) is 0 Å². The molecule has 2 aromatic carbocycles. The highest BCUT2D eigenvalue weighted by molar-refractivity contribution is 5.74. The lowest BCUT2D eigenvalue weighted by Crippen LogP contribution is -2.23. The average molecular weight is 296 g/mol. The number of aliphatic hydroxyl groups excluding tert-OH is 1. The zero-order valence-electron chi connectivity index (χ0n) is 12.9. The van der Waals surface area contributed by atoms with Crippen LogP contribution in [0.2, 0.25) is 0 Å². The number of benzene rings is 2. The zero-order chi connectivity index (χ0) is 15.5. The highest BCUT2D eigenvalue weighted by Gasteiger charge is 2.09. The number of nitrogens with zero attached hydrogens (tertiary/aromatic N) is 2. The van der Waals surface area contributed by atoms with E-state index in [0.29, 0.717) is 6.54 Å². The second-order valence-corrected chi connectivity index (χ2v) is 5.67. The molecule has 4 nitrogen and oxygen atoms in total. The number of aryl methyl sites for hydroxylation is 2. The van der Waals surface area contributed by atoms with Crippen molar-refractivity contribution in [3.05, 3.63) is 59.9 Å². The van der Waals surface area contributed by atoms with E-state index in [1.165, 1.54) is 0 Å². The number of aliphatic hydroxyl groups is 1. The van der Waals surface area contributed by atoms with Gasteiger partial charge in [0.2, 0.25) is 0 Å². The van der Waals surface area contributed by atoms with Crippen LogP contribution in [0.1, 0.15) is 11.1 Å². The van der Waals surface area contributed by atoms with Gasteiger partial charge in [0.1, 0.15) is 18.5 Å². The molecule has 4 heteroatoms. The van der Waals surface area contributed by atoms with Crippen LogP contribution in [0.3, 0.4) is 0 Å². The fourth-order valence-corrected chi connectivity index (χ4v) is 2.64. The van der Waals surface area contributed by atoms with Crippen molar-refractivity contribution < 1.29 is 9.84 Å². The quantitative estimate of drug-likeness (QED) is 0.787. The van der Waals surface area contributed by atoms with Crippen LogP contribution < -0.4 is 4.74 Å². The molecule has 0 radical (unpaired) electrons. The minimum absolute atomic E-state index is 0.259. The number of ether oxygens (including phenoxy) is 1. The van der Waals surface area contributed by atoms with E-state index < -0.39 is 6.10 Å². The van der Waals surface area contributed by atoms with Gasteiger partial charge in [0.05, 0.1) is 23.9 Å². The van der Waals surface area contributed by atoms with Crippen molar-refractivity contribution in [2.24, 2.45) is 0 Å². The molecule has 1 aromatic heterocycles. The van der Waals surface area contributed by atoms with E-state index in [1.807, 2.05) is 54.8 Å². The van der Waals surface area contributed by atoms with E-state index >= 15 is 0 Å². The summed E-state index contributed by atoms with van der Waals surface area (Å²) < 4.78 is 7.66. The van der Waals surface area contributed by atoms with E-state index in [-0.39, 0.29) is 6.61 Å². The Labute approximate surface area is 130 Å². The number of hydrogen-bond acceptors (Lipinski definition) is 3. The first-order valence-electron chi connectivity index (χ1n) is 7.41. The first kappa shape index (κ1) is 14.6. The minimum Gasteiger partial charge on any atom is -0.491 e. The highest BCUT2D eigenvalue weighted by atomic mass is 16.5. The van der Waals surface area contributed by atoms with Gasteiger partial charge in [-0.25, -0.2) is 4.98 Å². The Kier molecular flexibility index (Phi) is 4.11. The maximum atomic E-state index is 10.2. The average Bonchev–Trinajstić information content (AvgIpc) is 2.88. The molecule has 114 valence electrons. The Morgan fingerprint density at radius 2 is 1.86 bits per heavy atom. The van der Waals surface area contributed by atoms with Crippen LogP contribution in [0.4, 0.5) is 0 Å². The third-order valence-corrected chi connectivity index (χ3v) is 3.57. The van der Waals surface area contributed by atoms with Crippen LogP contribution in [-0.2, 0) is 6.54 Å². The normalized spacial score (nSPS) is 12.5. The van der Waals surface area contributed by atoms with Crippen LogP contribution >= 0.6 is 0 Å². The second-order valence-electron chi connectivity index (χ2n) is 5.67. The summed E-state index contributed by atoms with van der Waals surface area (Å²) in [5.74, 6) is 0.798. The van der Waals surface area contributed by atoms with Crippen LogP contribution in [-0.4, -0.2) is 27.4 Å². The maximum Gasteiger partial charge on any atom is 0.119 e. The minimum atomic E-state index is -0.585. The Bertz CT molecular complexity index is 759. The largest absolute Gasteiger partial charge is 0.491 e.